The zero-order chi connectivity index (χ0) is 9.61. The Morgan fingerprint density at radius 3 is 2.42 bits per heavy atom. The van der Waals surface area contributed by atoms with Crippen LogP contribution < -0.4 is 0 Å². The number of carbonyl (C=O) groups excluding carboxylic acids is 1. The first-order valence-corrected chi connectivity index (χ1v) is 4.44. The number of hydrogen-bond acceptors (Lipinski definition) is 2. The molecule has 1 unspecified atom stereocenters. The monoisotopic (exact) mass is 171 g/mol. The second-order valence-corrected chi connectivity index (χ2v) is 4.59. The SMILES string of the molecule is CC(CCO[C]=O)CC(C)(C)C. The van der Waals surface area contributed by atoms with E-state index >= 15 is 0 Å². The fourth-order valence-corrected chi connectivity index (χ4v) is 1.45. The summed E-state index contributed by atoms with van der Waals surface area (Å²) in [5.74, 6) is 0.610. The van der Waals surface area contributed by atoms with E-state index < -0.39 is 0 Å². The average molecular weight is 171 g/mol. The maximum atomic E-state index is 9.72. The molecule has 1 radical (unpaired) electrons. The zero-order valence-electron chi connectivity index (χ0n) is 8.52. The summed E-state index contributed by atoms with van der Waals surface area (Å²) < 4.78 is 4.51. The smallest absolute Gasteiger partial charge is 0.417 e. The summed E-state index contributed by atoms with van der Waals surface area (Å²) in [6.45, 7) is 10.8. The van der Waals surface area contributed by atoms with Gasteiger partial charge in [-0.2, -0.15) is 0 Å². The molecule has 0 aliphatic heterocycles. The van der Waals surface area contributed by atoms with E-state index in [9.17, 15) is 4.79 Å². The van der Waals surface area contributed by atoms with Crippen molar-refractivity contribution in [2.45, 2.75) is 40.5 Å². The number of rotatable bonds is 5. The average Bonchev–Trinajstić information content (AvgIpc) is 1.84. The van der Waals surface area contributed by atoms with Gasteiger partial charge in [0.2, 0.25) is 0 Å². The first-order valence-electron chi connectivity index (χ1n) is 4.44. The molecular formula is C10H19O2. The second kappa shape index (κ2) is 5.18. The van der Waals surface area contributed by atoms with E-state index in [1.165, 1.54) is 6.47 Å². The molecule has 0 saturated heterocycles. The standard InChI is InChI=1S/C10H19O2/c1-9(5-6-12-8-11)7-10(2,3)4/h9H,5-7H2,1-4H3. The molecule has 2 nitrogen and oxygen atoms in total. The third-order valence-corrected chi connectivity index (χ3v) is 1.73. The van der Waals surface area contributed by atoms with Gasteiger partial charge in [0.05, 0.1) is 6.61 Å². The van der Waals surface area contributed by atoms with Crippen molar-refractivity contribution in [2.75, 3.05) is 6.61 Å². The van der Waals surface area contributed by atoms with Crippen LogP contribution >= 0.6 is 0 Å². The van der Waals surface area contributed by atoms with E-state index in [4.69, 9.17) is 0 Å². The van der Waals surface area contributed by atoms with Gasteiger partial charge in [-0.1, -0.05) is 27.7 Å². The van der Waals surface area contributed by atoms with Crippen molar-refractivity contribution in [3.63, 3.8) is 0 Å². The molecule has 0 rings (SSSR count). The Kier molecular flexibility index (Phi) is 4.95. The predicted octanol–water partition coefficient (Wildman–Crippen LogP) is 2.53. The number of ether oxygens (including phenoxy) is 1. The maximum Gasteiger partial charge on any atom is 0.417 e. The molecule has 0 bridgehead atoms. The van der Waals surface area contributed by atoms with Crippen LogP contribution in [-0.2, 0) is 9.53 Å². The molecule has 0 aromatic rings. The highest BCUT2D eigenvalue weighted by Crippen LogP contribution is 2.25. The molecule has 0 amide bonds. The minimum absolute atomic E-state index is 0.365. The third kappa shape index (κ3) is 7.58. The molecule has 0 N–H and O–H groups in total. The van der Waals surface area contributed by atoms with Crippen LogP contribution in [-0.4, -0.2) is 13.1 Å². The van der Waals surface area contributed by atoms with Gasteiger partial charge in [0.15, 0.2) is 0 Å². The van der Waals surface area contributed by atoms with Crippen LogP contribution in [0.5, 0.6) is 0 Å². The van der Waals surface area contributed by atoms with Crippen LogP contribution in [0.25, 0.3) is 0 Å². The molecule has 71 valence electrons. The lowest BCUT2D eigenvalue weighted by Crippen LogP contribution is -2.12. The normalized spacial score (nSPS) is 14.0. The van der Waals surface area contributed by atoms with E-state index in [-0.39, 0.29) is 0 Å². The molecule has 0 aromatic carbocycles. The van der Waals surface area contributed by atoms with Gasteiger partial charge >= 0.3 is 6.47 Å². The first kappa shape index (κ1) is 11.5. The fraction of sp³-hybridized carbons (Fsp3) is 0.900. The lowest BCUT2D eigenvalue weighted by molar-refractivity contribution is 0.224. The van der Waals surface area contributed by atoms with E-state index in [1.54, 1.807) is 0 Å². The molecular weight excluding hydrogens is 152 g/mol. The largest absolute Gasteiger partial charge is 0.457 e. The first-order chi connectivity index (χ1) is 5.45. The van der Waals surface area contributed by atoms with Gasteiger partial charge in [-0.3, -0.25) is 0 Å². The van der Waals surface area contributed by atoms with Crippen LogP contribution in [0.4, 0.5) is 0 Å². The van der Waals surface area contributed by atoms with Crippen LogP contribution in [0.3, 0.4) is 0 Å². The van der Waals surface area contributed by atoms with Crippen LogP contribution in [0.15, 0.2) is 0 Å². The highest BCUT2D eigenvalue weighted by atomic mass is 16.5. The highest BCUT2D eigenvalue weighted by Gasteiger charge is 2.14. The van der Waals surface area contributed by atoms with Gasteiger partial charge in [0.25, 0.3) is 0 Å². The van der Waals surface area contributed by atoms with Crippen molar-refractivity contribution in [1.82, 2.24) is 0 Å². The van der Waals surface area contributed by atoms with Crippen molar-refractivity contribution >= 4 is 6.47 Å². The van der Waals surface area contributed by atoms with E-state index in [2.05, 4.69) is 32.4 Å². The minimum atomic E-state index is 0.365. The molecule has 12 heavy (non-hydrogen) atoms. The van der Waals surface area contributed by atoms with Crippen molar-refractivity contribution in [3.8, 4) is 0 Å². The van der Waals surface area contributed by atoms with Gasteiger partial charge in [-0.15, -0.1) is 0 Å². The van der Waals surface area contributed by atoms with Crippen LogP contribution in [0, 0.1) is 11.3 Å². The van der Waals surface area contributed by atoms with Crippen LogP contribution in [0.2, 0.25) is 0 Å². The maximum absolute atomic E-state index is 9.72. The van der Waals surface area contributed by atoms with E-state index in [1.807, 2.05) is 0 Å². The summed E-state index contributed by atoms with van der Waals surface area (Å²) in [5.41, 5.74) is 0.365. The van der Waals surface area contributed by atoms with Gasteiger partial charge in [-0.05, 0) is 24.2 Å². The third-order valence-electron chi connectivity index (χ3n) is 1.73. The molecule has 0 heterocycles. The summed E-state index contributed by atoms with van der Waals surface area (Å²) in [6, 6.07) is 0. The summed E-state index contributed by atoms with van der Waals surface area (Å²) in [6.07, 6.45) is 2.10. The molecule has 1 atom stereocenters. The number of hydrogen-bond donors (Lipinski definition) is 0. The van der Waals surface area contributed by atoms with Crippen molar-refractivity contribution in [1.29, 1.82) is 0 Å². The lowest BCUT2D eigenvalue weighted by atomic mass is 9.84. The van der Waals surface area contributed by atoms with Gasteiger partial charge in [0, 0.05) is 0 Å². The Morgan fingerprint density at radius 2 is 2.00 bits per heavy atom. The molecule has 0 spiro atoms. The molecule has 0 aliphatic carbocycles. The van der Waals surface area contributed by atoms with Crippen molar-refractivity contribution in [2.24, 2.45) is 11.3 Å². The Bertz CT molecular complexity index is 124. The Labute approximate surface area is 75.3 Å². The summed E-state index contributed by atoms with van der Waals surface area (Å²) in [5, 5.41) is 0. The Balaban J connectivity index is 3.46. The van der Waals surface area contributed by atoms with Gasteiger partial charge in [0.1, 0.15) is 0 Å². The summed E-state index contributed by atoms with van der Waals surface area (Å²) >= 11 is 0. The molecule has 0 saturated carbocycles. The van der Waals surface area contributed by atoms with Crippen molar-refractivity contribution < 1.29 is 9.53 Å². The predicted molar refractivity (Wildman–Crippen MR) is 49.5 cm³/mol. The molecule has 0 aromatic heterocycles. The van der Waals surface area contributed by atoms with Gasteiger partial charge in [-0.25, -0.2) is 4.79 Å². The van der Waals surface area contributed by atoms with E-state index in [0.29, 0.717) is 17.9 Å². The summed E-state index contributed by atoms with van der Waals surface area (Å²) in [7, 11) is 0. The highest BCUT2D eigenvalue weighted by molar-refractivity contribution is 5.37. The zero-order valence-corrected chi connectivity index (χ0v) is 8.52. The minimum Gasteiger partial charge on any atom is -0.457 e. The summed E-state index contributed by atoms with van der Waals surface area (Å²) in [4.78, 5) is 9.72. The topological polar surface area (TPSA) is 26.3 Å². The van der Waals surface area contributed by atoms with Gasteiger partial charge < -0.3 is 4.74 Å². The Morgan fingerprint density at radius 1 is 1.42 bits per heavy atom. The van der Waals surface area contributed by atoms with Crippen molar-refractivity contribution in [3.05, 3.63) is 0 Å². The molecule has 0 fully saturated rings. The van der Waals surface area contributed by atoms with Crippen LogP contribution in [0.1, 0.15) is 40.5 Å². The Hall–Kier alpha value is -0.530. The fourth-order valence-electron chi connectivity index (χ4n) is 1.45. The van der Waals surface area contributed by atoms with E-state index in [0.717, 1.165) is 12.8 Å². The molecule has 2 heteroatoms. The quantitative estimate of drug-likeness (QED) is 0.594. The lowest BCUT2D eigenvalue weighted by Gasteiger charge is -2.22. The molecule has 0 aliphatic rings. The second-order valence-electron chi connectivity index (χ2n) is 4.59.